The number of rotatable bonds is 6. The summed E-state index contributed by atoms with van der Waals surface area (Å²) in [6, 6.07) is 5.80. The molecule has 108 valence electrons. The monoisotopic (exact) mass is 301 g/mol. The third-order valence-corrected chi connectivity index (χ3v) is 3.73. The largest absolute Gasteiger partial charge is 0.312 e. The van der Waals surface area contributed by atoms with Crippen LogP contribution in [0.3, 0.4) is 0 Å². The van der Waals surface area contributed by atoms with Crippen LogP contribution < -0.4 is 5.32 Å². The normalized spacial score (nSPS) is 13.6. The summed E-state index contributed by atoms with van der Waals surface area (Å²) in [7, 11) is 0. The Balaban J connectivity index is 2.67. The van der Waals surface area contributed by atoms with Crippen LogP contribution in [0.1, 0.15) is 46.1 Å². The van der Waals surface area contributed by atoms with Gasteiger partial charge in [-0.2, -0.15) is 0 Å². The van der Waals surface area contributed by atoms with Crippen LogP contribution in [0.4, 0.5) is 0 Å². The van der Waals surface area contributed by atoms with Gasteiger partial charge in [0.05, 0.1) is 0 Å². The van der Waals surface area contributed by atoms with E-state index in [4.69, 9.17) is 23.2 Å². The Labute approximate surface area is 127 Å². The molecule has 0 amide bonds. The quantitative estimate of drug-likeness (QED) is 0.748. The highest BCUT2D eigenvalue weighted by Crippen LogP contribution is 2.24. The van der Waals surface area contributed by atoms with E-state index in [1.54, 1.807) is 0 Å². The van der Waals surface area contributed by atoms with Gasteiger partial charge in [0.15, 0.2) is 0 Å². The highest BCUT2D eigenvalue weighted by Gasteiger charge is 2.15. The van der Waals surface area contributed by atoms with E-state index in [0.29, 0.717) is 10.9 Å². The summed E-state index contributed by atoms with van der Waals surface area (Å²) < 4.78 is 0. The van der Waals surface area contributed by atoms with E-state index in [-0.39, 0.29) is 5.54 Å². The zero-order chi connectivity index (χ0) is 14.5. The molecular formula is C16H25Cl2N. The summed E-state index contributed by atoms with van der Waals surface area (Å²) in [5.74, 6) is 0.614. The van der Waals surface area contributed by atoms with Gasteiger partial charge in [0.1, 0.15) is 0 Å². The summed E-state index contributed by atoms with van der Waals surface area (Å²) in [6.45, 7) is 9.85. The molecule has 1 unspecified atom stereocenters. The standard InChI is InChI=1S/C16H25Cl2N/c1-5-6-12(11-19-16(2,3)4)9-13-7-8-14(17)10-15(13)18/h7-8,10,12,19H,5-6,9,11H2,1-4H3. The SMILES string of the molecule is CCCC(CNC(C)(C)C)Cc1ccc(Cl)cc1Cl. The van der Waals surface area contributed by atoms with Crippen LogP contribution in [0, 0.1) is 5.92 Å². The van der Waals surface area contributed by atoms with Crippen LogP contribution in [0.25, 0.3) is 0 Å². The molecule has 19 heavy (non-hydrogen) atoms. The van der Waals surface area contributed by atoms with Gasteiger partial charge in [-0.15, -0.1) is 0 Å². The maximum Gasteiger partial charge on any atom is 0.0452 e. The molecule has 0 aliphatic heterocycles. The molecule has 0 fully saturated rings. The van der Waals surface area contributed by atoms with E-state index >= 15 is 0 Å². The fraction of sp³-hybridized carbons (Fsp3) is 0.625. The molecule has 1 N–H and O–H groups in total. The van der Waals surface area contributed by atoms with Gasteiger partial charge in [-0.05, 0) is 63.8 Å². The predicted molar refractivity (Wildman–Crippen MR) is 86.3 cm³/mol. The van der Waals surface area contributed by atoms with Gasteiger partial charge in [0.25, 0.3) is 0 Å². The molecule has 0 heterocycles. The van der Waals surface area contributed by atoms with Crippen LogP contribution in [0.15, 0.2) is 18.2 Å². The number of nitrogens with one attached hydrogen (secondary N) is 1. The Hall–Kier alpha value is -0.240. The first-order valence-electron chi connectivity index (χ1n) is 7.00. The maximum atomic E-state index is 6.26. The number of benzene rings is 1. The van der Waals surface area contributed by atoms with Gasteiger partial charge >= 0.3 is 0 Å². The molecule has 0 saturated heterocycles. The lowest BCUT2D eigenvalue weighted by molar-refractivity contribution is 0.355. The van der Waals surface area contributed by atoms with E-state index in [1.807, 2.05) is 18.2 Å². The lowest BCUT2D eigenvalue weighted by Crippen LogP contribution is -2.39. The van der Waals surface area contributed by atoms with Gasteiger partial charge in [-0.25, -0.2) is 0 Å². The average Bonchev–Trinajstić information content (AvgIpc) is 2.28. The van der Waals surface area contributed by atoms with Crippen molar-refractivity contribution >= 4 is 23.2 Å². The van der Waals surface area contributed by atoms with E-state index < -0.39 is 0 Å². The summed E-state index contributed by atoms with van der Waals surface area (Å²) in [6.07, 6.45) is 3.41. The van der Waals surface area contributed by atoms with Crippen LogP contribution >= 0.6 is 23.2 Å². The Morgan fingerprint density at radius 1 is 1.21 bits per heavy atom. The third kappa shape index (κ3) is 6.65. The first kappa shape index (κ1) is 16.8. The number of halogens is 2. The van der Waals surface area contributed by atoms with Crippen LogP contribution in [-0.2, 0) is 6.42 Å². The van der Waals surface area contributed by atoms with Crippen molar-refractivity contribution in [2.75, 3.05) is 6.54 Å². The van der Waals surface area contributed by atoms with Gasteiger partial charge in [0, 0.05) is 15.6 Å². The minimum atomic E-state index is 0.162. The Kier molecular flexibility index (Phi) is 6.65. The molecule has 0 bridgehead atoms. The molecule has 0 spiro atoms. The maximum absolute atomic E-state index is 6.26. The predicted octanol–water partition coefficient (Wildman–Crippen LogP) is 5.34. The minimum absolute atomic E-state index is 0.162. The van der Waals surface area contributed by atoms with Crippen molar-refractivity contribution in [3.05, 3.63) is 33.8 Å². The second-order valence-corrected chi connectivity index (χ2v) is 7.07. The highest BCUT2D eigenvalue weighted by molar-refractivity contribution is 6.35. The smallest absolute Gasteiger partial charge is 0.0452 e. The Morgan fingerprint density at radius 3 is 2.42 bits per heavy atom. The van der Waals surface area contributed by atoms with Gasteiger partial charge < -0.3 is 5.32 Å². The van der Waals surface area contributed by atoms with E-state index in [2.05, 4.69) is 33.0 Å². The van der Waals surface area contributed by atoms with Gasteiger partial charge in [-0.3, -0.25) is 0 Å². The van der Waals surface area contributed by atoms with E-state index in [9.17, 15) is 0 Å². The molecule has 1 nitrogen and oxygen atoms in total. The number of hydrogen-bond acceptors (Lipinski definition) is 1. The minimum Gasteiger partial charge on any atom is -0.312 e. The van der Waals surface area contributed by atoms with Crippen molar-refractivity contribution in [2.24, 2.45) is 5.92 Å². The van der Waals surface area contributed by atoms with E-state index in [0.717, 1.165) is 18.0 Å². The highest BCUT2D eigenvalue weighted by atomic mass is 35.5. The van der Waals surface area contributed by atoms with Crippen LogP contribution in [-0.4, -0.2) is 12.1 Å². The van der Waals surface area contributed by atoms with Crippen molar-refractivity contribution in [2.45, 2.75) is 52.5 Å². The van der Waals surface area contributed by atoms with Gasteiger partial charge in [-0.1, -0.05) is 42.6 Å². The van der Waals surface area contributed by atoms with Crippen LogP contribution in [0.5, 0.6) is 0 Å². The summed E-state index contributed by atoms with van der Waals surface area (Å²) in [4.78, 5) is 0. The second-order valence-electron chi connectivity index (χ2n) is 6.23. The van der Waals surface area contributed by atoms with Crippen LogP contribution in [0.2, 0.25) is 10.0 Å². The molecule has 0 aromatic heterocycles. The molecule has 0 saturated carbocycles. The molecule has 0 aliphatic rings. The fourth-order valence-electron chi connectivity index (χ4n) is 2.13. The lowest BCUT2D eigenvalue weighted by Gasteiger charge is -2.25. The molecule has 0 radical (unpaired) electrons. The molecular weight excluding hydrogens is 277 g/mol. The van der Waals surface area contributed by atoms with Crippen molar-refractivity contribution in [1.82, 2.24) is 5.32 Å². The average molecular weight is 302 g/mol. The van der Waals surface area contributed by atoms with Gasteiger partial charge in [0.2, 0.25) is 0 Å². The number of hydrogen-bond donors (Lipinski definition) is 1. The second kappa shape index (κ2) is 7.52. The van der Waals surface area contributed by atoms with Crippen molar-refractivity contribution in [1.29, 1.82) is 0 Å². The Morgan fingerprint density at radius 2 is 1.89 bits per heavy atom. The first-order chi connectivity index (χ1) is 8.81. The molecule has 1 rings (SSSR count). The summed E-state index contributed by atoms with van der Waals surface area (Å²) >= 11 is 12.2. The molecule has 1 aromatic rings. The molecule has 1 atom stereocenters. The lowest BCUT2D eigenvalue weighted by atomic mass is 9.94. The zero-order valence-corrected chi connectivity index (χ0v) is 13.9. The van der Waals surface area contributed by atoms with E-state index in [1.165, 1.54) is 18.4 Å². The van der Waals surface area contributed by atoms with Crippen molar-refractivity contribution < 1.29 is 0 Å². The summed E-state index contributed by atoms with van der Waals surface area (Å²) in [5.41, 5.74) is 1.36. The van der Waals surface area contributed by atoms with Crippen molar-refractivity contribution in [3.63, 3.8) is 0 Å². The Bertz CT molecular complexity index is 396. The fourth-order valence-corrected chi connectivity index (χ4v) is 2.62. The topological polar surface area (TPSA) is 12.0 Å². The third-order valence-electron chi connectivity index (χ3n) is 3.14. The first-order valence-corrected chi connectivity index (χ1v) is 7.76. The van der Waals surface area contributed by atoms with Crippen molar-refractivity contribution in [3.8, 4) is 0 Å². The molecule has 0 aliphatic carbocycles. The summed E-state index contributed by atoms with van der Waals surface area (Å²) in [5, 5.41) is 5.07. The zero-order valence-electron chi connectivity index (χ0n) is 12.4. The molecule has 3 heteroatoms. The molecule has 1 aromatic carbocycles.